The van der Waals surface area contributed by atoms with E-state index >= 15 is 0 Å². The highest BCUT2D eigenvalue weighted by molar-refractivity contribution is 5.90. The fourth-order valence-corrected chi connectivity index (χ4v) is 1.03. The molecule has 1 rings (SSSR count). The van der Waals surface area contributed by atoms with Crippen LogP contribution in [0.5, 0.6) is 5.75 Å². The maximum Gasteiger partial charge on any atom is 0.339 e. The quantitative estimate of drug-likeness (QED) is 0.768. The zero-order chi connectivity index (χ0) is 11.3. The van der Waals surface area contributed by atoms with Crippen molar-refractivity contribution in [1.29, 1.82) is 0 Å². The lowest BCUT2D eigenvalue weighted by Crippen LogP contribution is -2.05. The molecule has 15 heavy (non-hydrogen) atoms. The monoisotopic (exact) mass is 216 g/mol. The van der Waals surface area contributed by atoms with Gasteiger partial charge in [-0.05, 0) is 12.1 Å². The van der Waals surface area contributed by atoms with Crippen LogP contribution in [-0.4, -0.2) is 24.4 Å². The molecule has 1 aromatic carbocycles. The number of rotatable bonds is 5. The topological polar surface area (TPSA) is 46.5 Å². The minimum Gasteiger partial charge on any atom is -0.492 e. The van der Waals surface area contributed by atoms with E-state index in [-0.39, 0.29) is 24.3 Å². The third kappa shape index (κ3) is 3.19. The first-order chi connectivity index (χ1) is 7.15. The Morgan fingerprint density at radius 2 is 2.20 bits per heavy atom. The highest BCUT2D eigenvalue weighted by atomic mass is 19.1. The van der Waals surface area contributed by atoms with Crippen LogP contribution in [0.4, 0.5) is 8.78 Å². The zero-order valence-electron chi connectivity index (χ0n) is 7.87. The van der Waals surface area contributed by atoms with Gasteiger partial charge in [0.2, 0.25) is 0 Å². The zero-order valence-corrected chi connectivity index (χ0v) is 7.87. The second-order valence-corrected chi connectivity index (χ2v) is 2.84. The summed E-state index contributed by atoms with van der Waals surface area (Å²) in [5, 5.41) is 8.74. The highest BCUT2D eigenvalue weighted by Crippen LogP contribution is 2.20. The number of carbonyl (C=O) groups is 1. The molecular weight excluding hydrogens is 206 g/mol. The van der Waals surface area contributed by atoms with E-state index in [1.807, 2.05) is 0 Å². The van der Waals surface area contributed by atoms with Crippen molar-refractivity contribution in [1.82, 2.24) is 0 Å². The predicted molar refractivity (Wildman–Crippen MR) is 49.4 cm³/mol. The largest absolute Gasteiger partial charge is 0.492 e. The maximum absolute atomic E-state index is 12.8. The van der Waals surface area contributed by atoms with Crippen LogP contribution >= 0.6 is 0 Å². The van der Waals surface area contributed by atoms with Crippen LogP contribution in [0.2, 0.25) is 0 Å². The van der Waals surface area contributed by atoms with E-state index in [1.54, 1.807) is 0 Å². The molecule has 0 fully saturated rings. The summed E-state index contributed by atoms with van der Waals surface area (Å²) >= 11 is 0. The molecule has 0 aliphatic heterocycles. The van der Waals surface area contributed by atoms with Gasteiger partial charge in [-0.1, -0.05) is 0 Å². The molecule has 0 atom stereocenters. The summed E-state index contributed by atoms with van der Waals surface area (Å²) in [5.41, 5.74) is -0.129. The van der Waals surface area contributed by atoms with E-state index in [1.165, 1.54) is 0 Å². The van der Waals surface area contributed by atoms with Gasteiger partial charge in [0.25, 0.3) is 0 Å². The van der Waals surface area contributed by atoms with E-state index in [0.717, 1.165) is 18.2 Å². The van der Waals surface area contributed by atoms with Gasteiger partial charge in [0, 0.05) is 12.5 Å². The van der Waals surface area contributed by atoms with Gasteiger partial charge in [0.05, 0.1) is 13.3 Å². The number of benzene rings is 1. The molecule has 1 N–H and O–H groups in total. The van der Waals surface area contributed by atoms with Crippen LogP contribution < -0.4 is 4.74 Å². The summed E-state index contributed by atoms with van der Waals surface area (Å²) in [7, 11) is 0. The number of halogens is 2. The predicted octanol–water partition coefficient (Wildman–Crippen LogP) is 2.26. The van der Waals surface area contributed by atoms with Crippen molar-refractivity contribution in [3.63, 3.8) is 0 Å². The Morgan fingerprint density at radius 3 is 2.80 bits per heavy atom. The Balaban J connectivity index is 2.82. The van der Waals surface area contributed by atoms with Gasteiger partial charge in [0.1, 0.15) is 17.1 Å². The average Bonchev–Trinajstić information content (AvgIpc) is 2.18. The summed E-state index contributed by atoms with van der Waals surface area (Å²) in [4.78, 5) is 10.7. The number of ether oxygens (including phenoxy) is 1. The molecule has 0 amide bonds. The molecule has 0 aliphatic carbocycles. The highest BCUT2D eigenvalue weighted by Gasteiger charge is 2.11. The van der Waals surface area contributed by atoms with Gasteiger partial charge < -0.3 is 9.84 Å². The third-order valence-electron chi connectivity index (χ3n) is 1.71. The van der Waals surface area contributed by atoms with Crippen LogP contribution in [0.3, 0.4) is 0 Å². The SMILES string of the molecule is O=C(O)c1ccc(F)cc1OCCCF. The van der Waals surface area contributed by atoms with Gasteiger partial charge in [-0.3, -0.25) is 4.39 Å². The summed E-state index contributed by atoms with van der Waals surface area (Å²) < 4.78 is 29.5. The molecule has 0 saturated carbocycles. The Labute approximate surface area is 85.3 Å². The smallest absolute Gasteiger partial charge is 0.339 e. The molecule has 0 aliphatic rings. The molecule has 5 heteroatoms. The van der Waals surface area contributed by atoms with Gasteiger partial charge >= 0.3 is 5.97 Å². The fraction of sp³-hybridized carbons (Fsp3) is 0.300. The molecule has 0 unspecified atom stereocenters. The van der Waals surface area contributed by atoms with Crippen molar-refractivity contribution in [3.05, 3.63) is 29.6 Å². The second kappa shape index (κ2) is 5.29. The molecule has 0 heterocycles. The Hall–Kier alpha value is -1.65. The van der Waals surface area contributed by atoms with Crippen molar-refractivity contribution in [2.24, 2.45) is 0 Å². The first kappa shape index (κ1) is 11.4. The van der Waals surface area contributed by atoms with Crippen molar-refractivity contribution in [2.45, 2.75) is 6.42 Å². The van der Waals surface area contributed by atoms with Crippen molar-refractivity contribution in [3.8, 4) is 5.75 Å². The molecule has 1 aromatic rings. The van der Waals surface area contributed by atoms with Gasteiger partial charge in [-0.15, -0.1) is 0 Å². The molecule has 3 nitrogen and oxygen atoms in total. The molecule has 0 saturated heterocycles. The molecule has 0 aromatic heterocycles. The minimum atomic E-state index is -1.20. The summed E-state index contributed by atoms with van der Waals surface area (Å²) in [6.45, 7) is -0.530. The van der Waals surface area contributed by atoms with E-state index in [9.17, 15) is 13.6 Å². The minimum absolute atomic E-state index is 0.0280. The number of carboxylic acid groups (broad SMARTS) is 1. The first-order valence-electron chi connectivity index (χ1n) is 4.36. The van der Waals surface area contributed by atoms with Crippen LogP contribution in [0.1, 0.15) is 16.8 Å². The molecule has 0 radical (unpaired) electrons. The van der Waals surface area contributed by atoms with Gasteiger partial charge in [-0.2, -0.15) is 0 Å². The lowest BCUT2D eigenvalue weighted by atomic mass is 10.2. The lowest BCUT2D eigenvalue weighted by molar-refractivity contribution is 0.0692. The van der Waals surface area contributed by atoms with Crippen molar-refractivity contribution >= 4 is 5.97 Å². The maximum atomic E-state index is 12.8. The summed E-state index contributed by atoms with van der Waals surface area (Å²) in [6.07, 6.45) is 0.148. The van der Waals surface area contributed by atoms with E-state index in [0.29, 0.717) is 0 Å². The van der Waals surface area contributed by atoms with Crippen LogP contribution in [-0.2, 0) is 0 Å². The van der Waals surface area contributed by atoms with Crippen molar-refractivity contribution < 1.29 is 23.4 Å². The normalized spacial score (nSPS) is 10.0. The van der Waals surface area contributed by atoms with Crippen LogP contribution in [0.15, 0.2) is 18.2 Å². The first-order valence-corrected chi connectivity index (χ1v) is 4.36. The number of alkyl halides is 1. The number of carboxylic acids is 1. The molecule has 0 spiro atoms. The van der Waals surface area contributed by atoms with Gasteiger partial charge in [-0.25, -0.2) is 9.18 Å². The van der Waals surface area contributed by atoms with Crippen LogP contribution in [0, 0.1) is 5.82 Å². The number of hydrogen-bond acceptors (Lipinski definition) is 2. The Kier molecular flexibility index (Phi) is 4.03. The van der Waals surface area contributed by atoms with E-state index in [2.05, 4.69) is 0 Å². The van der Waals surface area contributed by atoms with Crippen LogP contribution in [0.25, 0.3) is 0 Å². The Bertz CT molecular complexity index is 353. The summed E-state index contributed by atoms with van der Waals surface area (Å²) in [6, 6.07) is 3.12. The molecule has 82 valence electrons. The third-order valence-corrected chi connectivity index (χ3v) is 1.71. The lowest BCUT2D eigenvalue weighted by Gasteiger charge is -2.07. The average molecular weight is 216 g/mol. The van der Waals surface area contributed by atoms with Crippen molar-refractivity contribution in [2.75, 3.05) is 13.3 Å². The number of aromatic carboxylic acids is 1. The van der Waals surface area contributed by atoms with Gasteiger partial charge in [0.15, 0.2) is 0 Å². The number of hydrogen-bond donors (Lipinski definition) is 1. The van der Waals surface area contributed by atoms with E-state index in [4.69, 9.17) is 9.84 Å². The summed E-state index contributed by atoms with van der Waals surface area (Å²) in [5.74, 6) is -1.86. The fourth-order valence-electron chi connectivity index (χ4n) is 1.03. The van der Waals surface area contributed by atoms with E-state index < -0.39 is 18.5 Å². The second-order valence-electron chi connectivity index (χ2n) is 2.84. The molecule has 0 bridgehead atoms. The Morgan fingerprint density at radius 1 is 1.47 bits per heavy atom. The standard InChI is InChI=1S/C10H10F2O3/c11-4-1-5-15-9-6-7(12)2-3-8(9)10(13)14/h2-3,6H,1,4-5H2,(H,13,14). The molecular formula is C10H10F2O3.